The number of aryl methyl sites for hydroxylation is 2. The third-order valence-electron chi connectivity index (χ3n) is 4.15. The van der Waals surface area contributed by atoms with E-state index in [2.05, 4.69) is 10.0 Å². The third-order valence-corrected chi connectivity index (χ3v) is 6.92. The van der Waals surface area contributed by atoms with Gasteiger partial charge >= 0.3 is 0 Å². The number of nitrogens with one attached hydrogen (secondary N) is 2. The molecule has 0 aliphatic carbocycles. The molecule has 6 nitrogen and oxygen atoms in total. The van der Waals surface area contributed by atoms with E-state index in [4.69, 9.17) is 5.11 Å². The van der Waals surface area contributed by atoms with Crippen LogP contribution in [0.3, 0.4) is 0 Å². The molecule has 1 heterocycles. The number of aliphatic hydroxyl groups is 1. The van der Waals surface area contributed by atoms with Gasteiger partial charge in [-0.05, 0) is 55.0 Å². The zero-order valence-corrected chi connectivity index (χ0v) is 18.8. The van der Waals surface area contributed by atoms with Crippen LogP contribution in [0, 0.1) is 6.92 Å². The van der Waals surface area contributed by atoms with Crippen LogP contribution in [-0.4, -0.2) is 26.0 Å². The quantitative estimate of drug-likeness (QED) is 0.513. The Morgan fingerprint density at radius 2 is 1.73 bits per heavy atom. The second kappa shape index (κ2) is 10.9. The van der Waals surface area contributed by atoms with Gasteiger partial charge in [-0.15, -0.1) is 11.3 Å². The SMILES string of the molecule is CCO.CCc1cccc(C)c1NC(=O)c1ccccc1NS(=O)(=O)c1cccs1. The van der Waals surface area contributed by atoms with Crippen molar-refractivity contribution < 1.29 is 18.3 Å². The van der Waals surface area contributed by atoms with Crippen LogP contribution in [0.2, 0.25) is 0 Å². The molecular weight excluding hydrogens is 420 g/mol. The lowest BCUT2D eigenvalue weighted by molar-refractivity contribution is 0.102. The molecular formula is C22H26N2O4S2. The van der Waals surface area contributed by atoms with Crippen LogP contribution in [0.1, 0.15) is 35.3 Å². The van der Waals surface area contributed by atoms with Crippen molar-refractivity contribution in [1.82, 2.24) is 0 Å². The first-order chi connectivity index (χ1) is 14.3. The van der Waals surface area contributed by atoms with Gasteiger partial charge in [0.2, 0.25) is 0 Å². The summed E-state index contributed by atoms with van der Waals surface area (Å²) in [5.41, 5.74) is 3.26. The lowest BCUT2D eigenvalue weighted by Gasteiger charge is -2.15. The Kier molecular flexibility index (Phi) is 8.58. The number of amides is 1. The number of benzene rings is 2. The van der Waals surface area contributed by atoms with Crippen molar-refractivity contribution in [3.05, 3.63) is 76.7 Å². The maximum absolute atomic E-state index is 12.9. The summed E-state index contributed by atoms with van der Waals surface area (Å²) in [4.78, 5) is 12.9. The molecule has 3 N–H and O–H groups in total. The van der Waals surface area contributed by atoms with Gasteiger partial charge in [0.25, 0.3) is 15.9 Å². The summed E-state index contributed by atoms with van der Waals surface area (Å²) in [6, 6.07) is 15.6. The topological polar surface area (TPSA) is 95.5 Å². The number of aliphatic hydroxyl groups excluding tert-OH is 1. The van der Waals surface area contributed by atoms with E-state index in [9.17, 15) is 13.2 Å². The summed E-state index contributed by atoms with van der Waals surface area (Å²) in [6.07, 6.45) is 0.782. The van der Waals surface area contributed by atoms with E-state index >= 15 is 0 Å². The summed E-state index contributed by atoms with van der Waals surface area (Å²) in [6.45, 7) is 5.88. The molecule has 0 saturated carbocycles. The monoisotopic (exact) mass is 446 g/mol. The molecule has 0 fully saturated rings. The van der Waals surface area contributed by atoms with E-state index in [1.165, 1.54) is 6.07 Å². The molecule has 3 rings (SSSR count). The third kappa shape index (κ3) is 5.91. The van der Waals surface area contributed by atoms with E-state index in [0.29, 0.717) is 0 Å². The smallest absolute Gasteiger partial charge is 0.271 e. The summed E-state index contributed by atoms with van der Waals surface area (Å²) in [5, 5.41) is 12.2. The Labute approximate surface area is 181 Å². The van der Waals surface area contributed by atoms with Gasteiger partial charge in [0, 0.05) is 12.3 Å². The second-order valence-electron chi connectivity index (χ2n) is 6.32. The van der Waals surface area contributed by atoms with Gasteiger partial charge in [-0.1, -0.05) is 43.3 Å². The van der Waals surface area contributed by atoms with Gasteiger partial charge < -0.3 is 10.4 Å². The number of thiophene rings is 1. The number of para-hydroxylation sites is 2. The normalized spacial score (nSPS) is 10.7. The van der Waals surface area contributed by atoms with Crippen molar-refractivity contribution in [2.75, 3.05) is 16.6 Å². The fourth-order valence-electron chi connectivity index (χ4n) is 2.76. The molecule has 0 bridgehead atoms. The summed E-state index contributed by atoms with van der Waals surface area (Å²) in [5.74, 6) is -0.358. The van der Waals surface area contributed by atoms with E-state index in [1.807, 2.05) is 32.0 Å². The van der Waals surface area contributed by atoms with Gasteiger partial charge in [-0.3, -0.25) is 9.52 Å². The van der Waals surface area contributed by atoms with Crippen LogP contribution in [-0.2, 0) is 16.4 Å². The van der Waals surface area contributed by atoms with Crippen molar-refractivity contribution in [2.24, 2.45) is 0 Å². The fourth-order valence-corrected chi connectivity index (χ4v) is 4.84. The summed E-state index contributed by atoms with van der Waals surface area (Å²) >= 11 is 1.12. The maximum atomic E-state index is 12.9. The molecule has 0 spiro atoms. The van der Waals surface area contributed by atoms with Gasteiger partial charge in [0.05, 0.1) is 11.3 Å². The number of hydrogen-bond acceptors (Lipinski definition) is 5. The van der Waals surface area contributed by atoms with E-state index in [0.717, 1.165) is 34.6 Å². The van der Waals surface area contributed by atoms with Gasteiger partial charge in [-0.25, -0.2) is 8.42 Å². The number of carbonyl (C=O) groups excluding carboxylic acids is 1. The molecule has 3 aromatic rings. The predicted octanol–water partition coefficient (Wildman–Crippen LogP) is 4.67. The number of anilines is 2. The van der Waals surface area contributed by atoms with E-state index in [-0.39, 0.29) is 28.0 Å². The zero-order chi connectivity index (χ0) is 22.1. The first kappa shape index (κ1) is 23.6. The summed E-state index contributed by atoms with van der Waals surface area (Å²) in [7, 11) is -3.73. The molecule has 30 heavy (non-hydrogen) atoms. The molecule has 0 aliphatic rings. The fraction of sp³-hybridized carbons (Fsp3) is 0.227. The van der Waals surface area contributed by atoms with E-state index < -0.39 is 10.0 Å². The number of rotatable bonds is 6. The van der Waals surface area contributed by atoms with Crippen molar-refractivity contribution in [2.45, 2.75) is 31.4 Å². The molecule has 0 unspecified atom stereocenters. The first-order valence-corrected chi connectivity index (χ1v) is 11.9. The van der Waals surface area contributed by atoms with Crippen LogP contribution in [0.15, 0.2) is 64.2 Å². The van der Waals surface area contributed by atoms with Crippen LogP contribution >= 0.6 is 11.3 Å². The molecule has 160 valence electrons. The highest BCUT2D eigenvalue weighted by molar-refractivity contribution is 7.94. The minimum absolute atomic E-state index is 0.199. The minimum atomic E-state index is -3.73. The van der Waals surface area contributed by atoms with Gasteiger partial charge in [-0.2, -0.15) is 0 Å². The summed E-state index contributed by atoms with van der Waals surface area (Å²) < 4.78 is 27.8. The molecule has 0 radical (unpaired) electrons. The Balaban J connectivity index is 0.00000101. The van der Waals surface area contributed by atoms with Crippen LogP contribution in [0.25, 0.3) is 0 Å². The van der Waals surface area contributed by atoms with Gasteiger partial charge in [0.1, 0.15) is 4.21 Å². The van der Waals surface area contributed by atoms with Crippen molar-refractivity contribution in [1.29, 1.82) is 0 Å². The molecule has 1 aromatic heterocycles. The molecule has 0 atom stereocenters. The Morgan fingerprint density at radius 3 is 2.37 bits per heavy atom. The lowest BCUT2D eigenvalue weighted by atomic mass is 10.1. The molecule has 1 amide bonds. The van der Waals surface area contributed by atoms with E-state index in [1.54, 1.807) is 42.6 Å². The average Bonchev–Trinajstić information content (AvgIpc) is 3.26. The first-order valence-electron chi connectivity index (χ1n) is 9.50. The molecule has 0 saturated heterocycles. The Bertz CT molecular complexity index is 1080. The zero-order valence-electron chi connectivity index (χ0n) is 17.2. The van der Waals surface area contributed by atoms with Crippen LogP contribution in [0.5, 0.6) is 0 Å². The molecule has 0 aliphatic heterocycles. The maximum Gasteiger partial charge on any atom is 0.271 e. The number of hydrogen-bond donors (Lipinski definition) is 3. The van der Waals surface area contributed by atoms with Crippen LogP contribution < -0.4 is 10.0 Å². The number of sulfonamides is 1. The van der Waals surface area contributed by atoms with Crippen LogP contribution in [0.4, 0.5) is 11.4 Å². The number of carbonyl (C=O) groups is 1. The Hall–Kier alpha value is -2.68. The highest BCUT2D eigenvalue weighted by atomic mass is 32.2. The minimum Gasteiger partial charge on any atom is -0.397 e. The van der Waals surface area contributed by atoms with Crippen molar-refractivity contribution in [3.63, 3.8) is 0 Å². The standard InChI is InChI=1S/C20H20N2O3S2.C2H6O/c1-3-15-9-6-8-14(2)19(15)21-20(23)16-10-4-5-11-17(16)22-27(24,25)18-12-7-13-26-18;1-2-3/h4-13,22H,3H2,1-2H3,(H,21,23);3H,2H2,1H3. The van der Waals surface area contributed by atoms with Crippen molar-refractivity contribution in [3.8, 4) is 0 Å². The second-order valence-corrected chi connectivity index (χ2v) is 9.17. The highest BCUT2D eigenvalue weighted by Gasteiger charge is 2.20. The average molecular weight is 447 g/mol. The van der Waals surface area contributed by atoms with Crippen molar-refractivity contribution >= 4 is 38.6 Å². The molecule has 8 heteroatoms. The predicted molar refractivity (Wildman–Crippen MR) is 123 cm³/mol. The van der Waals surface area contributed by atoms with Gasteiger partial charge in [0.15, 0.2) is 0 Å². The Morgan fingerprint density at radius 1 is 1.03 bits per heavy atom. The molecule has 2 aromatic carbocycles. The lowest BCUT2D eigenvalue weighted by Crippen LogP contribution is -2.19. The largest absolute Gasteiger partial charge is 0.397 e. The highest BCUT2D eigenvalue weighted by Crippen LogP contribution is 2.26.